The highest BCUT2D eigenvalue weighted by molar-refractivity contribution is 5.99. The number of nitrogens with one attached hydrogen (secondary N) is 1. The van der Waals surface area contributed by atoms with Gasteiger partial charge in [-0.2, -0.15) is 9.78 Å². The van der Waals surface area contributed by atoms with Gasteiger partial charge >= 0.3 is 5.97 Å². The molecule has 2 aromatic carbocycles. The van der Waals surface area contributed by atoms with Crippen LogP contribution in [0.5, 0.6) is 0 Å². The molecule has 0 aliphatic heterocycles. The van der Waals surface area contributed by atoms with Crippen LogP contribution in [0.2, 0.25) is 0 Å². The summed E-state index contributed by atoms with van der Waals surface area (Å²) in [6.07, 6.45) is 1.43. The molecule has 0 unspecified atom stereocenters. The second kappa shape index (κ2) is 9.09. The zero-order chi connectivity index (χ0) is 23.4. The number of nitrogens with zero attached hydrogens (tertiary/aromatic N) is 6. The lowest BCUT2D eigenvalue weighted by molar-refractivity contribution is 0.0600. The fraction of sp³-hybridized carbons (Fsp3) is 0.0952. The van der Waals surface area contributed by atoms with Crippen molar-refractivity contribution in [2.45, 2.75) is 6.92 Å². The lowest BCUT2D eigenvalue weighted by Crippen LogP contribution is -2.19. The molecule has 4 aromatic rings. The number of hydrogen-bond donors (Lipinski definition) is 2. The Morgan fingerprint density at radius 1 is 1.12 bits per heavy atom. The first-order valence-corrected chi connectivity index (χ1v) is 9.61. The van der Waals surface area contributed by atoms with Gasteiger partial charge in [0.1, 0.15) is 5.69 Å². The van der Waals surface area contributed by atoms with E-state index in [2.05, 4.69) is 40.5 Å². The third kappa shape index (κ3) is 4.44. The van der Waals surface area contributed by atoms with Crippen molar-refractivity contribution in [1.29, 1.82) is 0 Å². The van der Waals surface area contributed by atoms with E-state index in [0.717, 1.165) is 5.56 Å². The van der Waals surface area contributed by atoms with Crippen molar-refractivity contribution >= 4 is 23.9 Å². The minimum Gasteiger partial charge on any atom is -0.465 e. The van der Waals surface area contributed by atoms with Gasteiger partial charge in [-0.05, 0) is 34.9 Å². The molecule has 2 aromatic heterocycles. The first kappa shape index (κ1) is 21.4. The lowest BCUT2D eigenvalue weighted by Gasteiger charge is -2.06. The van der Waals surface area contributed by atoms with E-state index in [4.69, 9.17) is 5.73 Å². The summed E-state index contributed by atoms with van der Waals surface area (Å²) in [7, 11) is 1.31. The van der Waals surface area contributed by atoms with Crippen LogP contribution in [0.25, 0.3) is 17.1 Å². The van der Waals surface area contributed by atoms with Crippen LogP contribution >= 0.6 is 0 Å². The topological polar surface area (TPSA) is 163 Å². The normalized spacial score (nSPS) is 11.0. The first-order chi connectivity index (χ1) is 16.0. The van der Waals surface area contributed by atoms with E-state index in [1.165, 1.54) is 18.0 Å². The molecule has 0 saturated heterocycles. The van der Waals surface area contributed by atoms with E-state index in [1.807, 2.05) is 31.2 Å². The highest BCUT2D eigenvalue weighted by atomic mass is 16.6. The second-order valence-electron chi connectivity index (χ2n) is 6.85. The van der Waals surface area contributed by atoms with E-state index in [1.54, 1.807) is 24.3 Å². The molecule has 4 rings (SSSR count). The Labute approximate surface area is 187 Å². The lowest BCUT2D eigenvalue weighted by atomic mass is 10.1. The second-order valence-corrected chi connectivity index (χ2v) is 6.85. The third-order valence-electron chi connectivity index (χ3n) is 4.62. The standard InChI is InChI=1S/C21H18N8O4/c1-12-3-7-14(8-4-12)17-16(24-28-29(17)19-18(22)26-33-27-19)20(30)25-23-11-13-5-9-15(10-6-13)21(31)32-2/h3-11H,1-2H3,(H2,22,26)(H,25,30)/b23-11-. The summed E-state index contributed by atoms with van der Waals surface area (Å²) >= 11 is 0. The monoisotopic (exact) mass is 446 g/mol. The largest absolute Gasteiger partial charge is 0.465 e. The quantitative estimate of drug-likeness (QED) is 0.255. The SMILES string of the molecule is COC(=O)c1ccc(/C=N\NC(=O)c2nnn(-c3nonc3N)c2-c2ccc(C)cc2)cc1. The van der Waals surface area contributed by atoms with Crippen LogP contribution in [-0.4, -0.2) is 50.5 Å². The smallest absolute Gasteiger partial charge is 0.337 e. The summed E-state index contributed by atoms with van der Waals surface area (Å²) in [4.78, 5) is 24.4. The minimum atomic E-state index is -0.603. The Kier molecular flexibility index (Phi) is 5.89. The average Bonchev–Trinajstić information content (AvgIpc) is 3.45. The Hall–Kier alpha value is -4.87. The zero-order valence-electron chi connectivity index (χ0n) is 17.6. The molecule has 3 N–H and O–H groups in total. The Bertz CT molecular complexity index is 1320. The van der Waals surface area contributed by atoms with Crippen molar-refractivity contribution in [1.82, 2.24) is 30.7 Å². The maximum absolute atomic E-state index is 12.9. The zero-order valence-corrected chi connectivity index (χ0v) is 17.6. The van der Waals surface area contributed by atoms with Gasteiger partial charge in [0.15, 0.2) is 5.69 Å². The molecular formula is C21H18N8O4. The number of rotatable bonds is 6. The number of benzene rings is 2. The number of esters is 1. The Morgan fingerprint density at radius 2 is 1.85 bits per heavy atom. The third-order valence-corrected chi connectivity index (χ3v) is 4.62. The number of nitrogens with two attached hydrogens (primary N) is 1. The van der Waals surface area contributed by atoms with Gasteiger partial charge in [0.2, 0.25) is 11.6 Å². The molecule has 12 heteroatoms. The molecule has 0 fully saturated rings. The van der Waals surface area contributed by atoms with Gasteiger partial charge in [-0.3, -0.25) is 4.79 Å². The molecule has 0 atom stereocenters. The molecule has 1 amide bonds. The predicted octanol–water partition coefficient (Wildman–Crippen LogP) is 1.76. The van der Waals surface area contributed by atoms with Crippen LogP contribution in [0.1, 0.15) is 32.0 Å². The van der Waals surface area contributed by atoms with E-state index in [-0.39, 0.29) is 17.3 Å². The molecule has 12 nitrogen and oxygen atoms in total. The highest BCUT2D eigenvalue weighted by Gasteiger charge is 2.25. The number of aryl methyl sites for hydroxylation is 1. The number of carbonyl (C=O) groups excluding carboxylic acids is 2. The molecule has 0 aliphatic carbocycles. The van der Waals surface area contributed by atoms with Crippen molar-refractivity contribution in [3.8, 4) is 17.1 Å². The van der Waals surface area contributed by atoms with E-state index >= 15 is 0 Å². The maximum atomic E-state index is 12.9. The molecule has 0 aliphatic rings. The molecular weight excluding hydrogens is 428 g/mol. The number of amides is 1. The van der Waals surface area contributed by atoms with Crippen LogP contribution in [-0.2, 0) is 4.74 Å². The van der Waals surface area contributed by atoms with Crippen LogP contribution < -0.4 is 11.2 Å². The molecule has 0 radical (unpaired) electrons. The summed E-state index contributed by atoms with van der Waals surface area (Å²) in [5, 5.41) is 19.3. The van der Waals surface area contributed by atoms with Crippen LogP contribution in [0.3, 0.4) is 0 Å². The first-order valence-electron chi connectivity index (χ1n) is 9.61. The number of anilines is 1. The van der Waals surface area contributed by atoms with Crippen molar-refractivity contribution in [3.63, 3.8) is 0 Å². The van der Waals surface area contributed by atoms with Gasteiger partial charge in [-0.25, -0.2) is 14.8 Å². The molecule has 0 bridgehead atoms. The van der Waals surface area contributed by atoms with Gasteiger partial charge in [-0.1, -0.05) is 47.2 Å². The van der Waals surface area contributed by atoms with Gasteiger partial charge in [0.25, 0.3) is 5.91 Å². The number of carbonyl (C=O) groups is 2. The van der Waals surface area contributed by atoms with Crippen molar-refractivity contribution in [2.24, 2.45) is 5.10 Å². The van der Waals surface area contributed by atoms with Crippen LogP contribution in [0.15, 0.2) is 58.3 Å². The molecule has 166 valence electrons. The van der Waals surface area contributed by atoms with Crippen molar-refractivity contribution in [2.75, 3.05) is 12.8 Å². The van der Waals surface area contributed by atoms with Gasteiger partial charge in [0.05, 0.1) is 18.9 Å². The number of methoxy groups -OCH3 is 1. The number of nitrogen functional groups attached to an aromatic ring is 1. The summed E-state index contributed by atoms with van der Waals surface area (Å²) < 4.78 is 10.6. The maximum Gasteiger partial charge on any atom is 0.337 e. The van der Waals surface area contributed by atoms with E-state index in [0.29, 0.717) is 22.4 Å². The van der Waals surface area contributed by atoms with Crippen molar-refractivity contribution in [3.05, 3.63) is 70.9 Å². The summed E-state index contributed by atoms with van der Waals surface area (Å²) in [6, 6.07) is 13.9. The Balaban J connectivity index is 1.60. The predicted molar refractivity (Wildman–Crippen MR) is 117 cm³/mol. The van der Waals surface area contributed by atoms with Gasteiger partial charge in [-0.15, -0.1) is 5.10 Å². The fourth-order valence-electron chi connectivity index (χ4n) is 2.93. The average molecular weight is 446 g/mol. The Morgan fingerprint density at radius 3 is 2.48 bits per heavy atom. The number of hydrogen-bond acceptors (Lipinski definition) is 10. The van der Waals surface area contributed by atoms with Gasteiger partial charge in [0, 0.05) is 5.56 Å². The molecule has 0 saturated carbocycles. The van der Waals surface area contributed by atoms with Gasteiger partial charge < -0.3 is 10.5 Å². The molecule has 33 heavy (non-hydrogen) atoms. The summed E-state index contributed by atoms with van der Waals surface area (Å²) in [6.45, 7) is 1.94. The number of ether oxygens (including phenoxy) is 1. The number of aromatic nitrogens is 5. The van der Waals surface area contributed by atoms with E-state index in [9.17, 15) is 9.59 Å². The highest BCUT2D eigenvalue weighted by Crippen LogP contribution is 2.26. The van der Waals surface area contributed by atoms with E-state index < -0.39 is 11.9 Å². The van der Waals surface area contributed by atoms with Crippen molar-refractivity contribution < 1.29 is 19.0 Å². The molecule has 2 heterocycles. The number of hydrazone groups is 1. The summed E-state index contributed by atoms with van der Waals surface area (Å²) in [5.41, 5.74) is 11.3. The molecule has 0 spiro atoms. The van der Waals surface area contributed by atoms with Crippen LogP contribution in [0, 0.1) is 6.92 Å². The summed E-state index contributed by atoms with van der Waals surface area (Å²) in [5.74, 6) is -0.948. The van der Waals surface area contributed by atoms with Crippen LogP contribution in [0.4, 0.5) is 5.82 Å². The fourth-order valence-corrected chi connectivity index (χ4v) is 2.93. The minimum absolute atomic E-state index is 0.000516.